The van der Waals surface area contributed by atoms with Crippen LogP contribution in [0.5, 0.6) is 0 Å². The number of rotatable bonds is 7. The SMILES string of the molecule is O=C(/C=C/c1ccc(-c2ccc(C(=O)OCc3ccccc3Cl)cc2)o1)c1ccccc1. The molecule has 3 aromatic carbocycles. The fraction of sp³-hybridized carbons (Fsp3) is 0.0370. The van der Waals surface area contributed by atoms with Crippen LogP contribution in [-0.2, 0) is 11.3 Å². The molecule has 0 saturated carbocycles. The van der Waals surface area contributed by atoms with Gasteiger partial charge >= 0.3 is 5.97 Å². The van der Waals surface area contributed by atoms with E-state index >= 15 is 0 Å². The molecule has 0 aliphatic rings. The average Bonchev–Trinajstić information content (AvgIpc) is 3.31. The number of hydrogen-bond donors (Lipinski definition) is 0. The second-order valence-corrected chi connectivity index (χ2v) is 7.42. The molecule has 0 N–H and O–H groups in total. The van der Waals surface area contributed by atoms with Crippen molar-refractivity contribution in [2.45, 2.75) is 6.61 Å². The van der Waals surface area contributed by atoms with Gasteiger partial charge in [-0.2, -0.15) is 0 Å². The number of carbonyl (C=O) groups excluding carboxylic acids is 2. The van der Waals surface area contributed by atoms with Gasteiger partial charge in [0.15, 0.2) is 5.78 Å². The maximum absolute atomic E-state index is 12.3. The molecule has 0 radical (unpaired) electrons. The molecule has 5 heteroatoms. The van der Waals surface area contributed by atoms with E-state index in [9.17, 15) is 9.59 Å². The lowest BCUT2D eigenvalue weighted by Crippen LogP contribution is -2.05. The molecule has 1 heterocycles. The summed E-state index contributed by atoms with van der Waals surface area (Å²) in [7, 11) is 0. The largest absolute Gasteiger partial charge is 0.457 e. The summed E-state index contributed by atoms with van der Waals surface area (Å²) >= 11 is 6.09. The number of carbonyl (C=O) groups is 2. The molecule has 0 spiro atoms. The van der Waals surface area contributed by atoms with E-state index in [1.54, 1.807) is 54.6 Å². The zero-order valence-corrected chi connectivity index (χ0v) is 17.8. The molecule has 4 rings (SSSR count). The molecule has 4 aromatic rings. The molecule has 0 saturated heterocycles. The highest BCUT2D eigenvalue weighted by atomic mass is 35.5. The van der Waals surface area contributed by atoms with E-state index in [0.29, 0.717) is 27.7 Å². The molecule has 158 valence electrons. The van der Waals surface area contributed by atoms with E-state index < -0.39 is 5.97 Å². The van der Waals surface area contributed by atoms with Gasteiger partial charge in [-0.05, 0) is 42.5 Å². The first kappa shape index (κ1) is 21.3. The zero-order chi connectivity index (χ0) is 22.3. The first-order valence-electron chi connectivity index (χ1n) is 9.98. The predicted octanol–water partition coefficient (Wildman–Crippen LogP) is 6.85. The summed E-state index contributed by atoms with van der Waals surface area (Å²) in [5.41, 5.74) is 2.61. The Morgan fingerprint density at radius 3 is 2.28 bits per heavy atom. The van der Waals surface area contributed by atoms with Crippen LogP contribution in [-0.4, -0.2) is 11.8 Å². The van der Waals surface area contributed by atoms with Crippen LogP contribution in [0.3, 0.4) is 0 Å². The lowest BCUT2D eigenvalue weighted by Gasteiger charge is -2.07. The molecule has 0 bridgehead atoms. The molecule has 0 atom stereocenters. The van der Waals surface area contributed by atoms with Gasteiger partial charge in [-0.15, -0.1) is 0 Å². The Bertz CT molecular complexity index is 1250. The van der Waals surface area contributed by atoms with Gasteiger partial charge in [0.25, 0.3) is 0 Å². The standard InChI is InChI=1S/C27H19ClO4/c28-24-9-5-4-8-22(24)18-31-27(30)21-12-10-20(11-13-21)26-17-15-23(32-26)14-16-25(29)19-6-2-1-3-7-19/h1-17H,18H2/b16-14+. The summed E-state index contributed by atoms with van der Waals surface area (Å²) in [5.74, 6) is 0.669. The minimum atomic E-state index is -0.432. The second-order valence-electron chi connectivity index (χ2n) is 7.01. The van der Waals surface area contributed by atoms with Gasteiger partial charge in [0.2, 0.25) is 0 Å². The van der Waals surface area contributed by atoms with Crippen molar-refractivity contribution in [2.75, 3.05) is 0 Å². The van der Waals surface area contributed by atoms with Crippen molar-refractivity contribution >= 4 is 29.4 Å². The fourth-order valence-corrected chi connectivity index (χ4v) is 3.26. The van der Waals surface area contributed by atoms with Crippen LogP contribution in [0.2, 0.25) is 5.02 Å². The summed E-state index contributed by atoms with van der Waals surface area (Å²) in [6.07, 6.45) is 3.12. The summed E-state index contributed by atoms with van der Waals surface area (Å²) in [6, 6.07) is 26.8. The number of hydrogen-bond acceptors (Lipinski definition) is 4. The van der Waals surface area contributed by atoms with Crippen molar-refractivity contribution in [1.82, 2.24) is 0 Å². The minimum absolute atomic E-state index is 0.0943. The summed E-state index contributed by atoms with van der Waals surface area (Å²) in [5, 5.41) is 0.559. The Morgan fingerprint density at radius 2 is 1.53 bits per heavy atom. The molecular weight excluding hydrogens is 424 g/mol. The van der Waals surface area contributed by atoms with Crippen molar-refractivity contribution in [3.8, 4) is 11.3 Å². The Labute approximate surface area is 190 Å². The third-order valence-electron chi connectivity index (χ3n) is 4.81. The van der Waals surface area contributed by atoms with Crippen molar-refractivity contribution in [3.63, 3.8) is 0 Å². The molecule has 1 aromatic heterocycles. The number of allylic oxidation sites excluding steroid dienone is 1. The normalized spacial score (nSPS) is 10.9. The van der Waals surface area contributed by atoms with Crippen LogP contribution >= 0.6 is 11.6 Å². The maximum atomic E-state index is 12.3. The van der Waals surface area contributed by atoms with Gasteiger partial charge in [-0.3, -0.25) is 4.79 Å². The van der Waals surface area contributed by atoms with Crippen molar-refractivity contribution in [2.24, 2.45) is 0 Å². The number of halogens is 1. The van der Waals surface area contributed by atoms with Crippen molar-refractivity contribution in [3.05, 3.63) is 125 Å². The highest BCUT2D eigenvalue weighted by Crippen LogP contribution is 2.24. The smallest absolute Gasteiger partial charge is 0.338 e. The summed E-state index contributed by atoms with van der Waals surface area (Å²) in [6.45, 7) is 0.107. The first-order valence-corrected chi connectivity index (χ1v) is 10.4. The number of furan rings is 1. The van der Waals surface area contributed by atoms with E-state index in [2.05, 4.69) is 0 Å². The molecule has 0 amide bonds. The average molecular weight is 443 g/mol. The lowest BCUT2D eigenvalue weighted by molar-refractivity contribution is 0.0473. The van der Waals surface area contributed by atoms with E-state index in [4.69, 9.17) is 20.8 Å². The second kappa shape index (κ2) is 9.94. The summed E-state index contributed by atoms with van der Waals surface area (Å²) < 4.78 is 11.2. The van der Waals surface area contributed by atoms with Crippen LogP contribution in [0.1, 0.15) is 32.0 Å². The summed E-state index contributed by atoms with van der Waals surface area (Å²) in [4.78, 5) is 24.5. The van der Waals surface area contributed by atoms with E-state index in [1.165, 1.54) is 6.08 Å². The monoisotopic (exact) mass is 442 g/mol. The van der Waals surface area contributed by atoms with Gasteiger partial charge in [0.1, 0.15) is 18.1 Å². The Hall–Kier alpha value is -3.89. The number of ketones is 1. The number of ether oxygens (including phenoxy) is 1. The molecule has 0 aliphatic carbocycles. The quantitative estimate of drug-likeness (QED) is 0.178. The van der Waals surface area contributed by atoms with E-state index in [0.717, 1.165) is 11.1 Å². The molecular formula is C27H19ClO4. The third-order valence-corrected chi connectivity index (χ3v) is 5.17. The highest BCUT2D eigenvalue weighted by Gasteiger charge is 2.10. The minimum Gasteiger partial charge on any atom is -0.457 e. The third kappa shape index (κ3) is 5.23. The predicted molar refractivity (Wildman–Crippen MR) is 125 cm³/mol. The lowest BCUT2D eigenvalue weighted by atomic mass is 10.1. The Balaban J connectivity index is 1.38. The van der Waals surface area contributed by atoms with Crippen molar-refractivity contribution in [1.29, 1.82) is 0 Å². The number of benzene rings is 3. The van der Waals surface area contributed by atoms with E-state index in [-0.39, 0.29) is 12.4 Å². The topological polar surface area (TPSA) is 56.5 Å². The molecule has 0 aliphatic heterocycles. The van der Waals surface area contributed by atoms with Crippen LogP contribution in [0.4, 0.5) is 0 Å². The fourth-order valence-electron chi connectivity index (χ4n) is 3.07. The van der Waals surface area contributed by atoms with Crippen LogP contribution in [0.25, 0.3) is 17.4 Å². The van der Waals surface area contributed by atoms with E-state index in [1.807, 2.05) is 42.5 Å². The van der Waals surface area contributed by atoms with Gasteiger partial charge in [-0.1, -0.05) is 72.3 Å². The maximum Gasteiger partial charge on any atom is 0.338 e. The first-order chi connectivity index (χ1) is 15.6. The van der Waals surface area contributed by atoms with Crippen molar-refractivity contribution < 1.29 is 18.7 Å². The van der Waals surface area contributed by atoms with Crippen LogP contribution < -0.4 is 0 Å². The Morgan fingerprint density at radius 1 is 0.812 bits per heavy atom. The van der Waals surface area contributed by atoms with Gasteiger partial charge in [0.05, 0.1) is 5.56 Å². The van der Waals surface area contributed by atoms with Crippen LogP contribution in [0.15, 0.2) is 101 Å². The van der Waals surface area contributed by atoms with Gasteiger partial charge in [-0.25, -0.2) is 4.79 Å². The zero-order valence-electron chi connectivity index (χ0n) is 17.0. The Kier molecular flexibility index (Phi) is 6.63. The number of esters is 1. The van der Waals surface area contributed by atoms with Gasteiger partial charge < -0.3 is 9.15 Å². The molecule has 0 fully saturated rings. The molecule has 4 nitrogen and oxygen atoms in total. The highest BCUT2D eigenvalue weighted by molar-refractivity contribution is 6.31. The van der Waals surface area contributed by atoms with Crippen LogP contribution in [0, 0.1) is 0 Å². The molecule has 32 heavy (non-hydrogen) atoms. The molecule has 0 unspecified atom stereocenters. The van der Waals surface area contributed by atoms with Gasteiger partial charge in [0, 0.05) is 21.7 Å².